The van der Waals surface area contributed by atoms with E-state index in [-0.39, 0.29) is 17.6 Å². The Balaban J connectivity index is 1.48. The van der Waals surface area contributed by atoms with Crippen molar-refractivity contribution in [3.63, 3.8) is 0 Å². The smallest absolute Gasteiger partial charge is 0.308 e. The number of non-ortho nitro benzene ring substituents is 1. The summed E-state index contributed by atoms with van der Waals surface area (Å²) in [5.74, 6) is 0.750. The van der Waals surface area contributed by atoms with Crippen molar-refractivity contribution in [1.29, 1.82) is 0 Å². The van der Waals surface area contributed by atoms with E-state index < -0.39 is 4.92 Å². The molecule has 1 aromatic carbocycles. The van der Waals surface area contributed by atoms with Gasteiger partial charge in [0.05, 0.1) is 28.5 Å². The number of aromatic amines is 1. The Labute approximate surface area is 139 Å². The Kier molecular flexibility index (Phi) is 5.08. The molecule has 0 saturated heterocycles. The predicted molar refractivity (Wildman–Crippen MR) is 88.6 cm³/mol. The average Bonchev–Trinajstić information content (AvgIpc) is 3.01. The lowest BCUT2D eigenvalue weighted by Crippen LogP contribution is -2.20. The summed E-state index contributed by atoms with van der Waals surface area (Å²) in [6, 6.07) is 4.56. The number of aryl methyl sites for hydroxylation is 1. The molecule has 1 fully saturated rings. The Morgan fingerprint density at radius 1 is 1.33 bits per heavy atom. The number of aromatic nitrogens is 2. The molecule has 1 saturated carbocycles. The molecule has 1 heterocycles. The number of hydrogen-bond acceptors (Lipinski definition) is 5. The molecule has 0 unspecified atom stereocenters. The number of imidazole rings is 1. The molecule has 0 amide bonds. The number of nitrogens with zero attached hydrogens (tertiary/aromatic N) is 2. The highest BCUT2D eigenvalue weighted by Gasteiger charge is 2.22. The van der Waals surface area contributed by atoms with Crippen molar-refractivity contribution >= 4 is 22.7 Å². The number of carbonyl (C=O) groups is 1. The molecule has 7 nitrogen and oxygen atoms in total. The molecule has 128 valence electrons. The summed E-state index contributed by atoms with van der Waals surface area (Å²) < 4.78 is 5.36. The summed E-state index contributed by atoms with van der Waals surface area (Å²) in [6.07, 6.45) is 6.66. The molecule has 1 aromatic heterocycles. The number of H-pyrrole nitrogens is 1. The predicted octanol–water partition coefficient (Wildman–Crippen LogP) is 3.53. The van der Waals surface area contributed by atoms with Crippen LogP contribution in [0.25, 0.3) is 11.0 Å². The molecule has 0 atom stereocenters. The molecule has 0 radical (unpaired) electrons. The zero-order chi connectivity index (χ0) is 16.9. The summed E-state index contributed by atoms with van der Waals surface area (Å²) in [7, 11) is 0. The number of benzene rings is 1. The summed E-state index contributed by atoms with van der Waals surface area (Å²) in [4.78, 5) is 29.8. The van der Waals surface area contributed by atoms with Gasteiger partial charge in [0.1, 0.15) is 5.82 Å². The molecule has 24 heavy (non-hydrogen) atoms. The minimum Gasteiger partial charge on any atom is -0.465 e. The number of nitrogens with one attached hydrogen (secondary N) is 1. The molecule has 7 heteroatoms. The van der Waals surface area contributed by atoms with E-state index in [4.69, 9.17) is 4.74 Å². The summed E-state index contributed by atoms with van der Waals surface area (Å²) in [5, 5.41) is 10.8. The maximum atomic E-state index is 11.9. The minimum atomic E-state index is -0.426. The molecule has 0 bridgehead atoms. The van der Waals surface area contributed by atoms with Gasteiger partial charge in [0.25, 0.3) is 5.69 Å². The van der Waals surface area contributed by atoms with E-state index in [1.54, 1.807) is 6.07 Å². The Morgan fingerprint density at radius 2 is 2.12 bits per heavy atom. The molecular formula is C17H21N3O4. The monoisotopic (exact) mass is 331 g/mol. The highest BCUT2D eigenvalue weighted by atomic mass is 16.6. The van der Waals surface area contributed by atoms with E-state index >= 15 is 0 Å². The highest BCUT2D eigenvalue weighted by molar-refractivity contribution is 5.77. The molecule has 1 aliphatic carbocycles. The second kappa shape index (κ2) is 7.42. The number of rotatable bonds is 6. The minimum absolute atomic E-state index is 0.0408. The summed E-state index contributed by atoms with van der Waals surface area (Å²) in [6.45, 7) is 0.381. The maximum absolute atomic E-state index is 11.9. The first kappa shape index (κ1) is 16.4. The van der Waals surface area contributed by atoms with Gasteiger partial charge in [-0.1, -0.05) is 19.3 Å². The average molecular weight is 331 g/mol. The first-order valence-corrected chi connectivity index (χ1v) is 8.43. The zero-order valence-corrected chi connectivity index (χ0v) is 13.5. The Bertz CT molecular complexity index is 735. The van der Waals surface area contributed by atoms with Gasteiger partial charge in [-0.15, -0.1) is 0 Å². The fourth-order valence-corrected chi connectivity index (χ4v) is 3.15. The number of esters is 1. The Morgan fingerprint density at radius 3 is 2.88 bits per heavy atom. The largest absolute Gasteiger partial charge is 0.465 e. The normalized spacial score (nSPS) is 15.5. The van der Waals surface area contributed by atoms with Crippen LogP contribution in [0.15, 0.2) is 18.2 Å². The first-order chi connectivity index (χ1) is 11.6. The standard InChI is InChI=1S/C17H21N3O4/c21-17(12-5-2-1-3-6-12)24-10-4-7-16-18-14-9-8-13(20(22)23)11-15(14)19-16/h8-9,11-12H,1-7,10H2,(H,18,19). The first-order valence-electron chi connectivity index (χ1n) is 8.43. The molecule has 1 N–H and O–H groups in total. The van der Waals surface area contributed by atoms with Crippen LogP contribution in [0.3, 0.4) is 0 Å². The highest BCUT2D eigenvalue weighted by Crippen LogP contribution is 2.24. The SMILES string of the molecule is O=C(OCCCc1nc2ccc([N+](=O)[O-])cc2[nH]1)C1CCCCC1. The van der Waals surface area contributed by atoms with Crippen LogP contribution in [0, 0.1) is 16.0 Å². The van der Waals surface area contributed by atoms with Crippen molar-refractivity contribution in [2.24, 2.45) is 5.92 Å². The van der Waals surface area contributed by atoms with Crippen molar-refractivity contribution in [2.75, 3.05) is 6.61 Å². The molecule has 2 aromatic rings. The Hall–Kier alpha value is -2.44. The van der Waals surface area contributed by atoms with Crippen molar-refractivity contribution < 1.29 is 14.5 Å². The fourth-order valence-electron chi connectivity index (χ4n) is 3.15. The van der Waals surface area contributed by atoms with Gasteiger partial charge in [0, 0.05) is 18.6 Å². The van der Waals surface area contributed by atoms with Crippen LogP contribution in [0.1, 0.15) is 44.3 Å². The van der Waals surface area contributed by atoms with Crippen molar-refractivity contribution in [3.05, 3.63) is 34.1 Å². The maximum Gasteiger partial charge on any atom is 0.308 e. The number of carbonyl (C=O) groups excluding carboxylic acids is 1. The second-order valence-corrected chi connectivity index (χ2v) is 6.25. The zero-order valence-electron chi connectivity index (χ0n) is 13.5. The molecule has 0 aliphatic heterocycles. The lowest BCUT2D eigenvalue weighted by molar-refractivity contribution is -0.384. The van der Waals surface area contributed by atoms with Crippen molar-refractivity contribution in [1.82, 2.24) is 9.97 Å². The quantitative estimate of drug-likeness (QED) is 0.378. The summed E-state index contributed by atoms with van der Waals surface area (Å²) >= 11 is 0. The van der Waals surface area contributed by atoms with E-state index in [0.717, 1.165) is 31.5 Å². The molecular weight excluding hydrogens is 310 g/mol. The third-order valence-corrected chi connectivity index (χ3v) is 4.47. The lowest BCUT2D eigenvalue weighted by Gasteiger charge is -2.19. The number of ether oxygens (including phenoxy) is 1. The van der Waals surface area contributed by atoms with Crippen LogP contribution in [0.2, 0.25) is 0 Å². The van der Waals surface area contributed by atoms with Gasteiger partial charge in [0.15, 0.2) is 0 Å². The number of nitro groups is 1. The van der Waals surface area contributed by atoms with Gasteiger partial charge in [0.2, 0.25) is 0 Å². The van der Waals surface area contributed by atoms with Gasteiger partial charge in [-0.2, -0.15) is 0 Å². The van der Waals surface area contributed by atoms with E-state index in [0.29, 0.717) is 30.5 Å². The molecule has 1 aliphatic rings. The van der Waals surface area contributed by atoms with Crippen molar-refractivity contribution in [2.45, 2.75) is 44.9 Å². The van der Waals surface area contributed by atoms with Crippen LogP contribution in [-0.4, -0.2) is 27.5 Å². The van der Waals surface area contributed by atoms with E-state index in [1.807, 2.05) is 0 Å². The molecule has 0 spiro atoms. The van der Waals surface area contributed by atoms with E-state index in [9.17, 15) is 14.9 Å². The van der Waals surface area contributed by atoms with Crippen LogP contribution in [0.4, 0.5) is 5.69 Å². The third-order valence-electron chi connectivity index (χ3n) is 4.47. The van der Waals surface area contributed by atoms with Crippen LogP contribution < -0.4 is 0 Å². The van der Waals surface area contributed by atoms with Crippen LogP contribution in [0.5, 0.6) is 0 Å². The number of nitro benzene ring substituents is 1. The lowest BCUT2D eigenvalue weighted by atomic mass is 9.89. The fraction of sp³-hybridized carbons (Fsp3) is 0.529. The topological polar surface area (TPSA) is 98.1 Å². The van der Waals surface area contributed by atoms with Crippen LogP contribution in [-0.2, 0) is 16.0 Å². The van der Waals surface area contributed by atoms with Crippen LogP contribution >= 0.6 is 0 Å². The van der Waals surface area contributed by atoms with E-state index in [2.05, 4.69) is 9.97 Å². The van der Waals surface area contributed by atoms with Gasteiger partial charge < -0.3 is 9.72 Å². The second-order valence-electron chi connectivity index (χ2n) is 6.25. The van der Waals surface area contributed by atoms with Gasteiger partial charge in [-0.05, 0) is 25.3 Å². The van der Waals surface area contributed by atoms with Gasteiger partial charge in [-0.25, -0.2) is 4.98 Å². The van der Waals surface area contributed by atoms with Crippen molar-refractivity contribution in [3.8, 4) is 0 Å². The van der Waals surface area contributed by atoms with E-state index in [1.165, 1.54) is 18.6 Å². The number of fused-ring (bicyclic) bond motifs is 1. The summed E-state index contributed by atoms with van der Waals surface area (Å²) in [5.41, 5.74) is 1.40. The van der Waals surface area contributed by atoms with Gasteiger partial charge in [-0.3, -0.25) is 14.9 Å². The van der Waals surface area contributed by atoms with Gasteiger partial charge >= 0.3 is 5.97 Å². The number of hydrogen-bond donors (Lipinski definition) is 1. The third kappa shape index (κ3) is 3.90. The molecule has 3 rings (SSSR count).